The highest BCUT2D eigenvalue weighted by molar-refractivity contribution is 5.94. The largest absolute Gasteiger partial charge is 0.396 e. The highest BCUT2D eigenvalue weighted by Crippen LogP contribution is 2.04. The number of aliphatic hydroxyl groups excluding tert-OH is 2. The zero-order chi connectivity index (χ0) is 13.2. The van der Waals surface area contributed by atoms with Gasteiger partial charge in [0, 0.05) is 18.7 Å². The molecule has 1 amide bonds. The van der Waals surface area contributed by atoms with Gasteiger partial charge in [0.2, 0.25) is 0 Å². The summed E-state index contributed by atoms with van der Waals surface area (Å²) in [6.07, 6.45) is 3.78. The van der Waals surface area contributed by atoms with Crippen molar-refractivity contribution in [2.75, 3.05) is 13.2 Å². The minimum atomic E-state index is -0.0818. The summed E-state index contributed by atoms with van der Waals surface area (Å²) in [5, 5.41) is 20.4. The monoisotopic (exact) mass is 251 g/mol. The average molecular weight is 251 g/mol. The van der Waals surface area contributed by atoms with E-state index in [9.17, 15) is 4.79 Å². The van der Waals surface area contributed by atoms with E-state index in [0.717, 1.165) is 31.2 Å². The van der Waals surface area contributed by atoms with E-state index in [4.69, 9.17) is 10.2 Å². The third-order valence-electron chi connectivity index (χ3n) is 2.77. The summed E-state index contributed by atoms with van der Waals surface area (Å²) in [4.78, 5) is 11.7. The molecule has 0 heterocycles. The van der Waals surface area contributed by atoms with Crippen LogP contribution in [0.25, 0.3) is 0 Å². The second kappa shape index (κ2) is 8.66. The zero-order valence-electron chi connectivity index (χ0n) is 10.6. The van der Waals surface area contributed by atoms with E-state index in [1.165, 1.54) is 0 Å². The van der Waals surface area contributed by atoms with E-state index >= 15 is 0 Å². The van der Waals surface area contributed by atoms with Crippen molar-refractivity contribution < 1.29 is 15.0 Å². The van der Waals surface area contributed by atoms with E-state index < -0.39 is 0 Å². The van der Waals surface area contributed by atoms with Crippen LogP contribution in [0.3, 0.4) is 0 Å². The second-order valence-corrected chi connectivity index (χ2v) is 4.25. The molecule has 4 nitrogen and oxygen atoms in total. The minimum Gasteiger partial charge on any atom is -0.396 e. The van der Waals surface area contributed by atoms with Gasteiger partial charge in [-0.2, -0.15) is 0 Å². The number of nitrogens with one attached hydrogen (secondary N) is 1. The molecule has 0 aliphatic heterocycles. The molecule has 0 atom stereocenters. The summed E-state index contributed by atoms with van der Waals surface area (Å²) in [5.41, 5.74) is 1.41. The van der Waals surface area contributed by atoms with Gasteiger partial charge in [-0.25, -0.2) is 0 Å². The van der Waals surface area contributed by atoms with Gasteiger partial charge in [-0.05, 0) is 30.5 Å². The van der Waals surface area contributed by atoms with Crippen molar-refractivity contribution >= 4 is 5.91 Å². The fourth-order valence-corrected chi connectivity index (χ4v) is 1.66. The van der Waals surface area contributed by atoms with E-state index in [1.54, 1.807) is 24.3 Å². The number of benzene rings is 1. The SMILES string of the molecule is O=C(NCCCCCCO)c1ccc(CO)cc1. The van der Waals surface area contributed by atoms with Crippen molar-refractivity contribution in [3.8, 4) is 0 Å². The molecule has 1 rings (SSSR count). The van der Waals surface area contributed by atoms with Gasteiger partial charge < -0.3 is 15.5 Å². The second-order valence-electron chi connectivity index (χ2n) is 4.25. The number of rotatable bonds is 8. The lowest BCUT2D eigenvalue weighted by molar-refractivity contribution is 0.0952. The summed E-state index contributed by atoms with van der Waals surface area (Å²) in [6.45, 7) is 0.891. The Morgan fingerprint density at radius 3 is 2.28 bits per heavy atom. The van der Waals surface area contributed by atoms with Crippen molar-refractivity contribution in [2.24, 2.45) is 0 Å². The molecule has 0 saturated carbocycles. The first-order valence-electron chi connectivity index (χ1n) is 6.37. The quantitative estimate of drug-likeness (QED) is 0.613. The summed E-state index contributed by atoms with van der Waals surface area (Å²) >= 11 is 0. The Balaban J connectivity index is 2.23. The molecule has 1 aromatic rings. The van der Waals surface area contributed by atoms with Gasteiger partial charge in [-0.3, -0.25) is 4.79 Å². The predicted octanol–water partition coefficient (Wildman–Crippen LogP) is 1.46. The highest BCUT2D eigenvalue weighted by Gasteiger charge is 2.03. The Morgan fingerprint density at radius 2 is 1.67 bits per heavy atom. The lowest BCUT2D eigenvalue weighted by Crippen LogP contribution is -2.24. The van der Waals surface area contributed by atoms with Crippen LogP contribution < -0.4 is 5.32 Å². The Kier molecular flexibility index (Phi) is 7.06. The van der Waals surface area contributed by atoms with Gasteiger partial charge in [0.05, 0.1) is 6.61 Å². The lowest BCUT2D eigenvalue weighted by atomic mass is 10.1. The fourth-order valence-electron chi connectivity index (χ4n) is 1.66. The van der Waals surface area contributed by atoms with Crippen LogP contribution in [-0.2, 0) is 6.61 Å². The van der Waals surface area contributed by atoms with Gasteiger partial charge in [0.1, 0.15) is 0 Å². The first-order chi connectivity index (χ1) is 8.77. The van der Waals surface area contributed by atoms with Crippen LogP contribution in [0.4, 0.5) is 0 Å². The van der Waals surface area contributed by atoms with Crippen LogP contribution >= 0.6 is 0 Å². The molecule has 1 aromatic carbocycles. The Bertz CT molecular complexity index is 349. The van der Waals surface area contributed by atoms with Crippen molar-refractivity contribution in [3.63, 3.8) is 0 Å². The molecule has 0 radical (unpaired) electrons. The molecule has 3 N–H and O–H groups in total. The van der Waals surface area contributed by atoms with Gasteiger partial charge >= 0.3 is 0 Å². The smallest absolute Gasteiger partial charge is 0.251 e. The third kappa shape index (κ3) is 5.29. The maximum Gasteiger partial charge on any atom is 0.251 e. The molecule has 100 valence electrons. The average Bonchev–Trinajstić information content (AvgIpc) is 2.42. The van der Waals surface area contributed by atoms with Crippen molar-refractivity contribution in [1.29, 1.82) is 0 Å². The summed E-state index contributed by atoms with van der Waals surface area (Å²) in [7, 11) is 0. The number of hydrogen-bond acceptors (Lipinski definition) is 3. The maximum atomic E-state index is 11.7. The van der Waals surface area contributed by atoms with Crippen molar-refractivity contribution in [3.05, 3.63) is 35.4 Å². The zero-order valence-corrected chi connectivity index (χ0v) is 10.6. The molecular formula is C14H21NO3. The molecule has 0 unspecified atom stereocenters. The number of amides is 1. The predicted molar refractivity (Wildman–Crippen MR) is 70.3 cm³/mol. The molecule has 18 heavy (non-hydrogen) atoms. The number of hydrogen-bond donors (Lipinski definition) is 3. The van der Waals surface area contributed by atoms with Crippen LogP contribution in [0.1, 0.15) is 41.6 Å². The van der Waals surface area contributed by atoms with Crippen molar-refractivity contribution in [1.82, 2.24) is 5.32 Å². The maximum absolute atomic E-state index is 11.7. The van der Waals surface area contributed by atoms with Crippen LogP contribution in [0.15, 0.2) is 24.3 Å². The summed E-state index contributed by atoms with van der Waals surface area (Å²) < 4.78 is 0. The molecular weight excluding hydrogens is 230 g/mol. The molecule has 4 heteroatoms. The molecule has 0 bridgehead atoms. The van der Waals surface area contributed by atoms with Crippen LogP contribution in [-0.4, -0.2) is 29.3 Å². The van der Waals surface area contributed by atoms with Gasteiger partial charge in [-0.15, -0.1) is 0 Å². The number of unbranched alkanes of at least 4 members (excludes halogenated alkanes) is 3. The molecule has 0 aromatic heterocycles. The number of carbonyl (C=O) groups is 1. The van der Waals surface area contributed by atoms with Gasteiger partial charge in [0.15, 0.2) is 0 Å². The highest BCUT2D eigenvalue weighted by atomic mass is 16.3. The molecule has 0 saturated heterocycles. The Labute approximate surface area is 108 Å². The van der Waals surface area contributed by atoms with Crippen LogP contribution in [0.2, 0.25) is 0 Å². The minimum absolute atomic E-state index is 0.00719. The van der Waals surface area contributed by atoms with Gasteiger partial charge in [0.25, 0.3) is 5.91 Å². The van der Waals surface area contributed by atoms with Crippen LogP contribution in [0.5, 0.6) is 0 Å². The van der Waals surface area contributed by atoms with E-state index in [2.05, 4.69) is 5.32 Å². The van der Waals surface area contributed by atoms with E-state index in [1.807, 2.05) is 0 Å². The fraction of sp³-hybridized carbons (Fsp3) is 0.500. The van der Waals surface area contributed by atoms with E-state index in [0.29, 0.717) is 12.1 Å². The number of aliphatic hydroxyl groups is 2. The lowest BCUT2D eigenvalue weighted by Gasteiger charge is -2.05. The third-order valence-corrected chi connectivity index (χ3v) is 2.77. The van der Waals surface area contributed by atoms with E-state index in [-0.39, 0.29) is 19.1 Å². The first-order valence-corrected chi connectivity index (χ1v) is 6.37. The van der Waals surface area contributed by atoms with Crippen LogP contribution in [0, 0.1) is 0 Å². The molecule has 0 aliphatic carbocycles. The molecule has 0 aliphatic rings. The normalized spacial score (nSPS) is 10.3. The molecule has 0 spiro atoms. The number of carbonyl (C=O) groups excluding carboxylic acids is 1. The Morgan fingerprint density at radius 1 is 1.00 bits per heavy atom. The van der Waals surface area contributed by atoms with Crippen molar-refractivity contribution in [2.45, 2.75) is 32.3 Å². The first kappa shape index (κ1) is 14.7. The van der Waals surface area contributed by atoms with Gasteiger partial charge in [-0.1, -0.05) is 25.0 Å². The topological polar surface area (TPSA) is 69.6 Å². The molecule has 0 fully saturated rings. The summed E-state index contributed by atoms with van der Waals surface area (Å²) in [5.74, 6) is -0.0818. The Hall–Kier alpha value is -1.39. The summed E-state index contributed by atoms with van der Waals surface area (Å²) in [6, 6.07) is 6.92. The standard InChI is InChI=1S/C14H21NO3/c16-10-4-2-1-3-9-15-14(18)13-7-5-12(11-17)6-8-13/h5-8,16-17H,1-4,9-11H2,(H,15,18).